The second-order valence-electron chi connectivity index (χ2n) is 4.83. The molecule has 0 saturated carbocycles. The molecule has 0 aliphatic carbocycles. The third kappa shape index (κ3) is 2.59. The summed E-state index contributed by atoms with van der Waals surface area (Å²) in [6.07, 6.45) is 2.29. The minimum atomic E-state index is -0.308. The first-order valence-electron chi connectivity index (χ1n) is 6.86. The highest BCUT2D eigenvalue weighted by Gasteiger charge is 2.17. The summed E-state index contributed by atoms with van der Waals surface area (Å²) >= 11 is 6.36. The molecule has 2 heterocycles. The third-order valence-corrected chi connectivity index (χ3v) is 3.93. The first kappa shape index (κ1) is 13.9. The van der Waals surface area contributed by atoms with Gasteiger partial charge in [0.1, 0.15) is 11.6 Å². The molecule has 108 valence electrons. The molecule has 0 radical (unpaired) electrons. The largest absolute Gasteiger partial charge is 0.467 e. The van der Waals surface area contributed by atoms with E-state index in [-0.39, 0.29) is 10.9 Å². The van der Waals surface area contributed by atoms with Crippen LogP contribution in [0, 0.1) is 0 Å². The van der Waals surface area contributed by atoms with E-state index in [0.717, 1.165) is 0 Å². The van der Waals surface area contributed by atoms with Gasteiger partial charge in [-0.05, 0) is 30.7 Å². The van der Waals surface area contributed by atoms with E-state index in [4.69, 9.17) is 16.0 Å². The van der Waals surface area contributed by atoms with E-state index < -0.39 is 0 Å². The lowest BCUT2D eigenvalue weighted by atomic mass is 10.2. The fourth-order valence-electron chi connectivity index (χ4n) is 2.32. The topological polar surface area (TPSA) is 48.0 Å². The van der Waals surface area contributed by atoms with Gasteiger partial charge in [0.05, 0.1) is 29.1 Å². The zero-order valence-electron chi connectivity index (χ0n) is 11.6. The van der Waals surface area contributed by atoms with E-state index in [2.05, 4.69) is 4.98 Å². The summed E-state index contributed by atoms with van der Waals surface area (Å²) in [6.45, 7) is 2.30. The molecule has 21 heavy (non-hydrogen) atoms. The molecule has 0 aliphatic heterocycles. The number of rotatable bonds is 4. The van der Waals surface area contributed by atoms with Gasteiger partial charge in [-0.3, -0.25) is 9.36 Å². The van der Waals surface area contributed by atoms with Crippen molar-refractivity contribution in [2.45, 2.75) is 25.3 Å². The number of para-hydroxylation sites is 1. The number of aromatic nitrogens is 2. The standard InChI is InChI=1S/C16H15ClN2O2/c1-2-13(17)15-18-14-8-4-3-7-12(14)16(20)19(15)10-11-6-5-9-21-11/h3-9,13H,2,10H2,1H3. The predicted octanol–water partition coefficient (Wildman–Crippen LogP) is 3.73. The van der Waals surface area contributed by atoms with Crippen molar-refractivity contribution in [2.24, 2.45) is 0 Å². The van der Waals surface area contributed by atoms with Gasteiger partial charge in [-0.2, -0.15) is 0 Å². The average Bonchev–Trinajstić information content (AvgIpc) is 3.02. The number of furan rings is 1. The minimum Gasteiger partial charge on any atom is -0.467 e. The Morgan fingerprint density at radius 1 is 1.29 bits per heavy atom. The molecule has 0 aliphatic rings. The Kier molecular flexibility index (Phi) is 3.80. The van der Waals surface area contributed by atoms with Crippen molar-refractivity contribution in [3.8, 4) is 0 Å². The van der Waals surface area contributed by atoms with Crippen molar-refractivity contribution >= 4 is 22.5 Å². The van der Waals surface area contributed by atoms with Crippen molar-refractivity contribution in [3.63, 3.8) is 0 Å². The van der Waals surface area contributed by atoms with E-state index in [0.29, 0.717) is 35.5 Å². The fraction of sp³-hybridized carbons (Fsp3) is 0.250. The van der Waals surface area contributed by atoms with E-state index in [1.54, 1.807) is 23.0 Å². The lowest BCUT2D eigenvalue weighted by Crippen LogP contribution is -2.26. The lowest BCUT2D eigenvalue weighted by molar-refractivity contribution is 0.481. The zero-order chi connectivity index (χ0) is 14.8. The Balaban J connectivity index is 2.23. The number of nitrogens with zero attached hydrogens (tertiary/aromatic N) is 2. The van der Waals surface area contributed by atoms with Crippen LogP contribution < -0.4 is 5.56 Å². The third-order valence-electron chi connectivity index (χ3n) is 3.42. The highest BCUT2D eigenvalue weighted by Crippen LogP contribution is 2.23. The summed E-state index contributed by atoms with van der Waals surface area (Å²) in [6, 6.07) is 10.9. The Bertz CT molecular complexity index is 809. The molecule has 5 heteroatoms. The van der Waals surface area contributed by atoms with E-state index in [9.17, 15) is 4.79 Å². The maximum absolute atomic E-state index is 12.7. The van der Waals surface area contributed by atoms with E-state index in [1.165, 1.54) is 0 Å². The van der Waals surface area contributed by atoms with Gasteiger partial charge < -0.3 is 4.42 Å². The van der Waals surface area contributed by atoms with Crippen molar-refractivity contribution in [2.75, 3.05) is 0 Å². The molecule has 3 aromatic rings. The van der Waals surface area contributed by atoms with Gasteiger partial charge in [-0.25, -0.2) is 4.98 Å². The molecule has 0 saturated heterocycles. The zero-order valence-corrected chi connectivity index (χ0v) is 12.4. The summed E-state index contributed by atoms with van der Waals surface area (Å²) in [5, 5.41) is 0.282. The molecule has 1 atom stereocenters. The Labute approximate surface area is 127 Å². The molecule has 0 N–H and O–H groups in total. The van der Waals surface area contributed by atoms with E-state index >= 15 is 0 Å². The Morgan fingerprint density at radius 3 is 2.81 bits per heavy atom. The highest BCUT2D eigenvalue weighted by molar-refractivity contribution is 6.20. The van der Waals surface area contributed by atoms with E-state index in [1.807, 2.05) is 31.2 Å². The summed E-state index contributed by atoms with van der Waals surface area (Å²) in [4.78, 5) is 17.3. The fourth-order valence-corrected chi connectivity index (χ4v) is 2.48. The van der Waals surface area contributed by atoms with Crippen LogP contribution in [0.2, 0.25) is 0 Å². The lowest BCUT2D eigenvalue weighted by Gasteiger charge is -2.15. The van der Waals surface area contributed by atoms with Crippen LogP contribution >= 0.6 is 11.6 Å². The SMILES string of the molecule is CCC(Cl)c1nc2ccccc2c(=O)n1Cc1ccco1. The van der Waals surface area contributed by atoms with Gasteiger partial charge in [0.15, 0.2) is 0 Å². The van der Waals surface area contributed by atoms with Gasteiger partial charge in [0.25, 0.3) is 5.56 Å². The van der Waals surface area contributed by atoms with Crippen LogP contribution in [0.15, 0.2) is 51.9 Å². The highest BCUT2D eigenvalue weighted by atomic mass is 35.5. The van der Waals surface area contributed by atoms with Gasteiger partial charge in [-0.1, -0.05) is 19.1 Å². The van der Waals surface area contributed by atoms with Crippen molar-refractivity contribution in [1.29, 1.82) is 0 Å². The number of fused-ring (bicyclic) bond motifs is 1. The van der Waals surface area contributed by atoms with Crippen molar-refractivity contribution in [1.82, 2.24) is 9.55 Å². The summed E-state index contributed by atoms with van der Waals surface area (Å²) < 4.78 is 6.94. The van der Waals surface area contributed by atoms with Crippen molar-refractivity contribution in [3.05, 3.63) is 64.6 Å². The first-order chi connectivity index (χ1) is 10.2. The van der Waals surface area contributed by atoms with Gasteiger partial charge in [-0.15, -0.1) is 11.6 Å². The normalized spacial score (nSPS) is 12.7. The number of halogens is 1. The monoisotopic (exact) mass is 302 g/mol. The van der Waals surface area contributed by atoms with Crippen LogP contribution in [0.25, 0.3) is 10.9 Å². The van der Waals surface area contributed by atoms with Crippen LogP contribution in [-0.4, -0.2) is 9.55 Å². The maximum atomic E-state index is 12.7. The summed E-state index contributed by atoms with van der Waals surface area (Å²) in [7, 11) is 0. The molecular weight excluding hydrogens is 288 g/mol. The maximum Gasteiger partial charge on any atom is 0.261 e. The molecular formula is C16H15ClN2O2. The Morgan fingerprint density at radius 2 is 2.10 bits per heavy atom. The molecule has 0 fully saturated rings. The molecule has 0 spiro atoms. The van der Waals surface area contributed by atoms with Crippen LogP contribution in [0.5, 0.6) is 0 Å². The van der Waals surface area contributed by atoms with Gasteiger partial charge in [0.2, 0.25) is 0 Å². The van der Waals surface area contributed by atoms with Crippen LogP contribution in [0.1, 0.15) is 30.3 Å². The molecule has 4 nitrogen and oxygen atoms in total. The second kappa shape index (κ2) is 5.74. The first-order valence-corrected chi connectivity index (χ1v) is 7.30. The molecule has 3 rings (SSSR count). The molecule has 1 aromatic carbocycles. The average molecular weight is 303 g/mol. The molecule has 0 bridgehead atoms. The van der Waals surface area contributed by atoms with Crippen molar-refractivity contribution < 1.29 is 4.42 Å². The van der Waals surface area contributed by atoms with Gasteiger partial charge in [0, 0.05) is 0 Å². The smallest absolute Gasteiger partial charge is 0.261 e. The number of hydrogen-bond acceptors (Lipinski definition) is 3. The molecule has 0 amide bonds. The van der Waals surface area contributed by atoms with Crippen LogP contribution in [-0.2, 0) is 6.54 Å². The molecule has 2 aromatic heterocycles. The number of hydrogen-bond donors (Lipinski definition) is 0. The van der Waals surface area contributed by atoms with Crippen LogP contribution in [0.3, 0.4) is 0 Å². The van der Waals surface area contributed by atoms with Crippen LogP contribution in [0.4, 0.5) is 0 Å². The number of benzene rings is 1. The summed E-state index contributed by atoms with van der Waals surface area (Å²) in [5.74, 6) is 1.29. The second-order valence-corrected chi connectivity index (χ2v) is 5.36. The quantitative estimate of drug-likeness (QED) is 0.690. The van der Waals surface area contributed by atoms with Gasteiger partial charge >= 0.3 is 0 Å². The number of alkyl halides is 1. The minimum absolute atomic E-state index is 0.0916. The molecule has 1 unspecified atom stereocenters. The summed E-state index contributed by atoms with van der Waals surface area (Å²) in [5.41, 5.74) is 0.582. The Hall–Kier alpha value is -2.07. The predicted molar refractivity (Wildman–Crippen MR) is 82.7 cm³/mol.